The van der Waals surface area contributed by atoms with Crippen molar-refractivity contribution in [2.24, 2.45) is 0 Å². The molecule has 0 saturated heterocycles. The van der Waals surface area contributed by atoms with E-state index in [0.717, 1.165) is 21.8 Å². The summed E-state index contributed by atoms with van der Waals surface area (Å²) in [6.07, 6.45) is 0. The van der Waals surface area contributed by atoms with E-state index in [-0.39, 0.29) is 0 Å². The van der Waals surface area contributed by atoms with Crippen molar-refractivity contribution in [2.75, 3.05) is 28.2 Å². The summed E-state index contributed by atoms with van der Waals surface area (Å²) in [7, 11) is 4.59. The molecule has 0 N–H and O–H groups in total. The molecule has 0 aliphatic carbocycles. The van der Waals surface area contributed by atoms with Gasteiger partial charge in [0.1, 0.15) is 0 Å². The summed E-state index contributed by atoms with van der Waals surface area (Å²) in [5, 5.41) is 2.27. The minimum atomic E-state index is -2.88. The van der Waals surface area contributed by atoms with Gasteiger partial charge in [-0.25, -0.2) is 9.34 Å². The van der Waals surface area contributed by atoms with Gasteiger partial charge in [-0.3, -0.25) is 8.90 Å². The lowest BCUT2D eigenvalue weighted by molar-refractivity contribution is 0.440. The quantitative estimate of drug-likeness (QED) is 0.687. The smallest absolute Gasteiger partial charge is 0.267 e. The molecule has 1 heterocycles. The van der Waals surface area contributed by atoms with Gasteiger partial charge in [0, 0.05) is 10.8 Å². The van der Waals surface area contributed by atoms with Crippen molar-refractivity contribution in [3.8, 4) is 0 Å². The van der Waals surface area contributed by atoms with Crippen molar-refractivity contribution in [3.05, 3.63) is 48.5 Å². The second kappa shape index (κ2) is 4.99. The van der Waals surface area contributed by atoms with Crippen LogP contribution in [0.4, 0.5) is 0 Å². The predicted molar refractivity (Wildman–Crippen MR) is 89.8 cm³/mol. The van der Waals surface area contributed by atoms with Gasteiger partial charge in [0.15, 0.2) is 0 Å². The van der Waals surface area contributed by atoms with Crippen LogP contribution in [0.2, 0.25) is 0 Å². The van der Waals surface area contributed by atoms with Crippen LogP contribution in [-0.2, 0) is 4.57 Å². The summed E-state index contributed by atoms with van der Waals surface area (Å²) in [5.74, 6) is 0. The number of rotatable bonds is 3. The number of hydrogen-bond acceptors (Lipinski definition) is 1. The molecule has 110 valence electrons. The van der Waals surface area contributed by atoms with E-state index in [1.807, 2.05) is 78.3 Å². The Morgan fingerprint density at radius 2 is 1.14 bits per heavy atom. The zero-order chi connectivity index (χ0) is 15.2. The minimum absolute atomic E-state index is 1.00. The summed E-state index contributed by atoms with van der Waals surface area (Å²) >= 11 is 0. The highest BCUT2D eigenvalue weighted by molar-refractivity contribution is 7.57. The van der Waals surface area contributed by atoms with Crippen molar-refractivity contribution in [2.45, 2.75) is 0 Å². The second-order valence-corrected chi connectivity index (χ2v) is 8.58. The third-order valence-electron chi connectivity index (χ3n) is 3.86. The summed E-state index contributed by atoms with van der Waals surface area (Å²) in [5.41, 5.74) is 2.01. The molecule has 0 atom stereocenters. The molecule has 0 bridgehead atoms. The summed E-state index contributed by atoms with van der Waals surface area (Å²) in [4.78, 5) is 0. The zero-order valence-corrected chi connectivity index (χ0v) is 13.7. The van der Waals surface area contributed by atoms with Crippen molar-refractivity contribution >= 4 is 29.4 Å². The van der Waals surface area contributed by atoms with Crippen LogP contribution in [0.25, 0.3) is 21.8 Å². The first-order valence-electron chi connectivity index (χ1n) is 6.92. The number of benzene rings is 2. The van der Waals surface area contributed by atoms with Gasteiger partial charge in [-0.05, 0) is 40.3 Å². The maximum absolute atomic E-state index is 13.7. The highest BCUT2D eigenvalue weighted by atomic mass is 31.2. The van der Waals surface area contributed by atoms with E-state index in [9.17, 15) is 4.57 Å². The molecular formula is C16H20N3OP. The SMILES string of the molecule is CN(C)P(=O)(N(C)C)n1c2ccccc2c2ccccc21. The Balaban J connectivity index is 2.53. The average Bonchev–Trinajstić information content (AvgIpc) is 2.81. The Morgan fingerprint density at radius 3 is 1.52 bits per heavy atom. The first kappa shape index (κ1) is 14.3. The van der Waals surface area contributed by atoms with E-state index in [1.165, 1.54) is 0 Å². The molecule has 0 unspecified atom stereocenters. The summed E-state index contributed by atoms with van der Waals surface area (Å²) < 4.78 is 19.3. The summed E-state index contributed by atoms with van der Waals surface area (Å²) in [6, 6.07) is 16.3. The van der Waals surface area contributed by atoms with E-state index >= 15 is 0 Å². The average molecular weight is 301 g/mol. The van der Waals surface area contributed by atoms with Gasteiger partial charge in [0.05, 0.1) is 11.0 Å². The fourth-order valence-electron chi connectivity index (χ4n) is 2.90. The lowest BCUT2D eigenvalue weighted by Gasteiger charge is -2.32. The van der Waals surface area contributed by atoms with Crippen LogP contribution < -0.4 is 0 Å². The Kier molecular flexibility index (Phi) is 3.40. The van der Waals surface area contributed by atoms with Crippen LogP contribution in [0.5, 0.6) is 0 Å². The third kappa shape index (κ3) is 1.95. The highest BCUT2D eigenvalue weighted by Crippen LogP contribution is 2.55. The topological polar surface area (TPSA) is 28.5 Å². The number of hydrogen-bond donors (Lipinski definition) is 0. The normalized spacial score (nSPS) is 12.9. The van der Waals surface area contributed by atoms with E-state index in [2.05, 4.69) is 12.1 Å². The van der Waals surface area contributed by atoms with Crippen molar-refractivity contribution in [3.63, 3.8) is 0 Å². The minimum Gasteiger partial charge on any atom is -0.267 e. The first-order chi connectivity index (χ1) is 9.98. The summed E-state index contributed by atoms with van der Waals surface area (Å²) in [6.45, 7) is 0. The Labute approximate surface area is 125 Å². The lowest BCUT2D eigenvalue weighted by atomic mass is 10.2. The highest BCUT2D eigenvalue weighted by Gasteiger charge is 2.33. The lowest BCUT2D eigenvalue weighted by Crippen LogP contribution is -2.25. The molecule has 4 nitrogen and oxygen atoms in total. The van der Waals surface area contributed by atoms with E-state index in [4.69, 9.17) is 0 Å². The molecule has 0 amide bonds. The van der Waals surface area contributed by atoms with Crippen molar-refractivity contribution in [1.82, 2.24) is 13.7 Å². The number of nitrogens with zero attached hydrogens (tertiary/aromatic N) is 3. The predicted octanol–water partition coefficient (Wildman–Crippen LogP) is 3.87. The van der Waals surface area contributed by atoms with Gasteiger partial charge in [0.25, 0.3) is 0 Å². The second-order valence-electron chi connectivity index (χ2n) is 5.55. The molecule has 0 fully saturated rings. The van der Waals surface area contributed by atoms with Crippen LogP contribution in [-0.4, -0.2) is 41.9 Å². The maximum Gasteiger partial charge on any atom is 0.314 e. The van der Waals surface area contributed by atoms with Crippen LogP contribution in [0.3, 0.4) is 0 Å². The molecule has 0 aliphatic heterocycles. The zero-order valence-electron chi connectivity index (χ0n) is 12.8. The Bertz CT molecular complexity index is 786. The van der Waals surface area contributed by atoms with Gasteiger partial charge in [-0.15, -0.1) is 0 Å². The monoisotopic (exact) mass is 301 g/mol. The number of aromatic nitrogens is 1. The molecule has 3 aromatic rings. The first-order valence-corrected chi connectivity index (χ1v) is 8.49. The van der Waals surface area contributed by atoms with Gasteiger partial charge in [-0.2, -0.15) is 0 Å². The molecule has 21 heavy (non-hydrogen) atoms. The van der Waals surface area contributed by atoms with E-state index in [1.54, 1.807) is 0 Å². The van der Waals surface area contributed by atoms with Crippen molar-refractivity contribution < 1.29 is 4.57 Å². The van der Waals surface area contributed by atoms with Crippen LogP contribution in [0.1, 0.15) is 0 Å². The van der Waals surface area contributed by atoms with Crippen LogP contribution >= 0.6 is 7.59 Å². The fourth-order valence-corrected chi connectivity index (χ4v) is 5.24. The van der Waals surface area contributed by atoms with Crippen LogP contribution in [0, 0.1) is 0 Å². The van der Waals surface area contributed by atoms with Gasteiger partial charge >= 0.3 is 7.59 Å². The van der Waals surface area contributed by atoms with E-state index < -0.39 is 7.59 Å². The largest absolute Gasteiger partial charge is 0.314 e. The molecular weight excluding hydrogens is 281 g/mol. The molecule has 5 heteroatoms. The Hall–Kier alpha value is -1.61. The fraction of sp³-hybridized carbons (Fsp3) is 0.250. The Morgan fingerprint density at radius 1 is 0.762 bits per heavy atom. The van der Waals surface area contributed by atoms with Gasteiger partial charge < -0.3 is 0 Å². The molecule has 1 aromatic heterocycles. The van der Waals surface area contributed by atoms with Gasteiger partial charge in [-0.1, -0.05) is 36.4 Å². The molecule has 3 rings (SSSR count). The van der Waals surface area contributed by atoms with Gasteiger partial charge in [0.2, 0.25) is 0 Å². The van der Waals surface area contributed by atoms with Crippen molar-refractivity contribution in [1.29, 1.82) is 0 Å². The number of fused-ring (bicyclic) bond motifs is 3. The maximum atomic E-state index is 13.7. The molecule has 0 saturated carbocycles. The number of para-hydroxylation sites is 2. The third-order valence-corrected chi connectivity index (χ3v) is 6.89. The molecule has 0 radical (unpaired) electrons. The van der Waals surface area contributed by atoms with Crippen LogP contribution in [0.15, 0.2) is 48.5 Å². The standard InChI is InChI=1S/C16H20N3OP/c1-17(2)21(20,18(3)4)19-15-11-7-5-9-13(15)14-10-6-8-12-16(14)19/h5-12H,1-4H3. The molecule has 2 aromatic carbocycles. The molecule has 0 aliphatic rings. The molecule has 0 spiro atoms. The van der Waals surface area contributed by atoms with E-state index in [0.29, 0.717) is 0 Å².